The van der Waals surface area contributed by atoms with E-state index >= 15 is 0 Å². The SMILES string of the molecule is CCN(CC)c1ccc([N+](=O)[O-])cc1C(=O)OCc1cc(=O)n2cc(Br)ccc2n1. The predicted molar refractivity (Wildman–Crippen MR) is 115 cm³/mol. The first-order chi connectivity index (χ1) is 14.3. The van der Waals surface area contributed by atoms with E-state index in [0.29, 0.717) is 24.4 Å². The zero-order valence-corrected chi connectivity index (χ0v) is 18.0. The molecule has 0 aliphatic heterocycles. The number of hydrogen-bond acceptors (Lipinski definition) is 7. The van der Waals surface area contributed by atoms with Crippen molar-refractivity contribution in [2.24, 2.45) is 0 Å². The third-order valence-electron chi connectivity index (χ3n) is 4.54. The Morgan fingerprint density at radius 3 is 2.63 bits per heavy atom. The van der Waals surface area contributed by atoms with Gasteiger partial charge in [-0.25, -0.2) is 9.78 Å². The van der Waals surface area contributed by atoms with Crippen molar-refractivity contribution >= 4 is 38.9 Å². The van der Waals surface area contributed by atoms with Gasteiger partial charge in [0.2, 0.25) is 0 Å². The molecule has 0 atom stereocenters. The number of carbonyl (C=O) groups excluding carboxylic acids is 1. The molecular formula is C20H19BrN4O5. The monoisotopic (exact) mass is 474 g/mol. The highest BCUT2D eigenvalue weighted by atomic mass is 79.9. The molecule has 2 aromatic heterocycles. The van der Waals surface area contributed by atoms with Crippen LogP contribution in [-0.4, -0.2) is 33.4 Å². The van der Waals surface area contributed by atoms with Crippen molar-refractivity contribution in [1.29, 1.82) is 0 Å². The summed E-state index contributed by atoms with van der Waals surface area (Å²) in [6.45, 7) is 4.84. The number of anilines is 1. The number of nitro groups is 1. The second-order valence-electron chi connectivity index (χ2n) is 6.37. The van der Waals surface area contributed by atoms with Crippen molar-refractivity contribution in [2.75, 3.05) is 18.0 Å². The first-order valence-electron chi connectivity index (χ1n) is 9.22. The largest absolute Gasteiger partial charge is 0.456 e. The van der Waals surface area contributed by atoms with Gasteiger partial charge in [-0.05, 0) is 48.0 Å². The highest BCUT2D eigenvalue weighted by Gasteiger charge is 2.21. The molecule has 0 spiro atoms. The molecule has 0 fully saturated rings. The Bertz CT molecular complexity index is 1170. The molecule has 2 heterocycles. The van der Waals surface area contributed by atoms with Crippen LogP contribution in [0.5, 0.6) is 0 Å². The summed E-state index contributed by atoms with van der Waals surface area (Å²) in [6.07, 6.45) is 1.60. The van der Waals surface area contributed by atoms with E-state index in [1.807, 2.05) is 18.7 Å². The summed E-state index contributed by atoms with van der Waals surface area (Å²) < 4.78 is 7.45. The van der Waals surface area contributed by atoms with Gasteiger partial charge in [0.15, 0.2) is 0 Å². The summed E-state index contributed by atoms with van der Waals surface area (Å²) in [7, 11) is 0. The Morgan fingerprint density at radius 1 is 1.23 bits per heavy atom. The minimum Gasteiger partial charge on any atom is -0.456 e. The average Bonchev–Trinajstić information content (AvgIpc) is 2.73. The van der Waals surface area contributed by atoms with Crippen molar-refractivity contribution in [3.63, 3.8) is 0 Å². The third kappa shape index (κ3) is 4.48. The molecular weight excluding hydrogens is 456 g/mol. The summed E-state index contributed by atoms with van der Waals surface area (Å²) in [5, 5.41) is 11.2. The summed E-state index contributed by atoms with van der Waals surface area (Å²) >= 11 is 3.30. The van der Waals surface area contributed by atoms with Crippen LogP contribution in [0.15, 0.2) is 51.9 Å². The summed E-state index contributed by atoms with van der Waals surface area (Å²) in [4.78, 5) is 41.9. The third-order valence-corrected chi connectivity index (χ3v) is 5.01. The van der Waals surface area contributed by atoms with E-state index in [4.69, 9.17) is 4.74 Å². The molecule has 156 valence electrons. The topological polar surface area (TPSA) is 107 Å². The standard InChI is InChI=1S/C20H19BrN4O5/c1-3-23(4-2)17-7-6-15(25(28)29)10-16(17)20(27)30-12-14-9-19(26)24-11-13(21)5-8-18(24)22-14/h5-11H,3-4,12H2,1-2H3. The van der Waals surface area contributed by atoms with Crippen molar-refractivity contribution in [3.8, 4) is 0 Å². The maximum absolute atomic E-state index is 12.8. The second kappa shape index (κ2) is 9.04. The van der Waals surface area contributed by atoms with E-state index in [9.17, 15) is 19.7 Å². The maximum Gasteiger partial charge on any atom is 0.340 e. The molecule has 0 aliphatic rings. The van der Waals surface area contributed by atoms with Gasteiger partial charge in [0.1, 0.15) is 12.3 Å². The van der Waals surface area contributed by atoms with Crippen LogP contribution < -0.4 is 10.5 Å². The van der Waals surface area contributed by atoms with Gasteiger partial charge in [0.25, 0.3) is 11.2 Å². The van der Waals surface area contributed by atoms with Crippen LogP contribution in [0.3, 0.4) is 0 Å². The minimum atomic E-state index is -0.724. The number of pyridine rings is 1. The molecule has 10 heteroatoms. The van der Waals surface area contributed by atoms with Crippen LogP contribution in [0.2, 0.25) is 0 Å². The van der Waals surface area contributed by atoms with Crippen molar-refractivity contribution in [2.45, 2.75) is 20.5 Å². The number of aromatic nitrogens is 2. The van der Waals surface area contributed by atoms with Crippen LogP contribution in [0.4, 0.5) is 11.4 Å². The number of esters is 1. The van der Waals surface area contributed by atoms with Crippen molar-refractivity contribution < 1.29 is 14.5 Å². The lowest BCUT2D eigenvalue weighted by Gasteiger charge is -2.23. The molecule has 0 N–H and O–H groups in total. The van der Waals surface area contributed by atoms with Gasteiger partial charge in [-0.15, -0.1) is 0 Å². The second-order valence-corrected chi connectivity index (χ2v) is 7.28. The van der Waals surface area contributed by atoms with Crippen LogP contribution in [0, 0.1) is 10.1 Å². The van der Waals surface area contributed by atoms with Gasteiger partial charge in [-0.1, -0.05) is 0 Å². The molecule has 0 bridgehead atoms. The quantitative estimate of drug-likeness (QED) is 0.292. The van der Waals surface area contributed by atoms with Gasteiger partial charge in [-0.3, -0.25) is 19.3 Å². The smallest absolute Gasteiger partial charge is 0.340 e. The molecule has 1 aromatic carbocycles. The molecule has 3 rings (SSSR count). The first-order valence-corrected chi connectivity index (χ1v) is 10.0. The fourth-order valence-electron chi connectivity index (χ4n) is 3.06. The lowest BCUT2D eigenvalue weighted by molar-refractivity contribution is -0.384. The number of fused-ring (bicyclic) bond motifs is 1. The molecule has 0 saturated carbocycles. The predicted octanol–water partition coefficient (Wildman–Crippen LogP) is 3.57. The fourth-order valence-corrected chi connectivity index (χ4v) is 3.40. The number of carbonyl (C=O) groups is 1. The molecule has 0 saturated heterocycles. The van der Waals surface area contributed by atoms with E-state index in [1.54, 1.807) is 24.4 Å². The van der Waals surface area contributed by atoms with E-state index in [2.05, 4.69) is 20.9 Å². The molecule has 0 aliphatic carbocycles. The minimum absolute atomic E-state index is 0.0920. The van der Waals surface area contributed by atoms with Crippen LogP contribution in [0.1, 0.15) is 29.9 Å². The zero-order chi connectivity index (χ0) is 21.8. The Morgan fingerprint density at radius 2 is 1.97 bits per heavy atom. The average molecular weight is 475 g/mol. The normalized spacial score (nSPS) is 10.8. The number of benzene rings is 1. The summed E-state index contributed by atoms with van der Waals surface area (Å²) in [5.41, 5.74) is 0.819. The first kappa shape index (κ1) is 21.4. The number of hydrogen-bond donors (Lipinski definition) is 0. The van der Waals surface area contributed by atoms with Gasteiger partial charge in [0, 0.05) is 42.0 Å². The Hall–Kier alpha value is -3.27. The van der Waals surface area contributed by atoms with E-state index in [0.717, 1.165) is 4.47 Å². The van der Waals surface area contributed by atoms with Gasteiger partial charge in [0.05, 0.1) is 21.9 Å². The Kier molecular flexibility index (Phi) is 6.46. The Balaban J connectivity index is 1.89. The highest BCUT2D eigenvalue weighted by Crippen LogP contribution is 2.26. The zero-order valence-electron chi connectivity index (χ0n) is 16.4. The van der Waals surface area contributed by atoms with E-state index in [1.165, 1.54) is 22.6 Å². The summed E-state index contributed by atoms with van der Waals surface area (Å²) in [5.74, 6) is -0.724. The van der Waals surface area contributed by atoms with E-state index < -0.39 is 10.9 Å². The van der Waals surface area contributed by atoms with Crippen LogP contribution >= 0.6 is 15.9 Å². The number of nitro benzene ring substituents is 1. The number of nitrogens with zero attached hydrogens (tertiary/aromatic N) is 4. The van der Waals surface area contributed by atoms with Gasteiger partial charge in [-0.2, -0.15) is 0 Å². The van der Waals surface area contributed by atoms with Crippen LogP contribution in [-0.2, 0) is 11.3 Å². The summed E-state index contributed by atoms with van der Waals surface area (Å²) in [6, 6.07) is 8.79. The number of halogens is 1. The number of non-ortho nitro benzene ring substituents is 1. The highest BCUT2D eigenvalue weighted by molar-refractivity contribution is 9.10. The van der Waals surface area contributed by atoms with Gasteiger partial charge >= 0.3 is 5.97 Å². The van der Waals surface area contributed by atoms with Crippen LogP contribution in [0.25, 0.3) is 5.65 Å². The van der Waals surface area contributed by atoms with E-state index in [-0.39, 0.29) is 29.1 Å². The molecule has 0 radical (unpaired) electrons. The van der Waals surface area contributed by atoms with Crippen molar-refractivity contribution in [3.05, 3.63) is 78.8 Å². The lowest BCUT2D eigenvalue weighted by Crippen LogP contribution is -2.24. The van der Waals surface area contributed by atoms with Gasteiger partial charge < -0.3 is 9.64 Å². The maximum atomic E-state index is 12.8. The molecule has 30 heavy (non-hydrogen) atoms. The molecule has 0 unspecified atom stereocenters. The Labute approximate surface area is 180 Å². The molecule has 3 aromatic rings. The van der Waals surface area contributed by atoms with Crippen molar-refractivity contribution in [1.82, 2.24) is 9.38 Å². The molecule has 0 amide bonds. The number of ether oxygens (including phenoxy) is 1. The fraction of sp³-hybridized carbons (Fsp3) is 0.250. The lowest BCUT2D eigenvalue weighted by atomic mass is 10.1. The number of rotatable bonds is 7. The molecule has 9 nitrogen and oxygen atoms in total.